The first-order chi connectivity index (χ1) is 8.45. The van der Waals surface area contributed by atoms with E-state index in [-0.39, 0.29) is 0 Å². The zero-order chi connectivity index (χ0) is 13.7. The monoisotopic (exact) mass is 259 g/mol. The Bertz CT molecular complexity index is 338. The van der Waals surface area contributed by atoms with Gasteiger partial charge in [0.2, 0.25) is 5.91 Å². The molecule has 18 heavy (non-hydrogen) atoms. The lowest BCUT2D eigenvalue weighted by molar-refractivity contribution is -0.142. The molecule has 0 aromatic rings. The molecule has 8 nitrogen and oxygen atoms in total. The van der Waals surface area contributed by atoms with Gasteiger partial charge in [0.25, 0.3) is 0 Å². The van der Waals surface area contributed by atoms with Crippen LogP contribution in [-0.2, 0) is 14.3 Å². The van der Waals surface area contributed by atoms with E-state index in [1.54, 1.807) is 0 Å². The predicted octanol–water partition coefficient (Wildman–Crippen LogP) is -1.30. The van der Waals surface area contributed by atoms with Crippen molar-refractivity contribution >= 4 is 18.0 Å². The number of methoxy groups -OCH3 is 1. The molecular formula is C10H17N3O5. The Labute approximate surface area is 104 Å². The Balaban J connectivity index is 2.45. The first-order valence-corrected chi connectivity index (χ1v) is 5.54. The third-order valence-corrected chi connectivity index (χ3v) is 2.74. The SMILES string of the molecule is COC(=O)N1CCN(C(=O)C(N)CC(=O)O)CC1. The molecule has 2 amide bonds. The van der Waals surface area contributed by atoms with Crippen molar-refractivity contribution < 1.29 is 24.2 Å². The average Bonchev–Trinajstić information content (AvgIpc) is 2.36. The van der Waals surface area contributed by atoms with Crippen LogP contribution in [0, 0.1) is 0 Å². The van der Waals surface area contributed by atoms with Crippen LogP contribution in [0.5, 0.6) is 0 Å². The largest absolute Gasteiger partial charge is 0.481 e. The van der Waals surface area contributed by atoms with Gasteiger partial charge < -0.3 is 25.4 Å². The van der Waals surface area contributed by atoms with E-state index >= 15 is 0 Å². The predicted molar refractivity (Wildman–Crippen MR) is 60.8 cm³/mol. The number of nitrogens with two attached hydrogens (primary N) is 1. The quantitative estimate of drug-likeness (QED) is 0.651. The highest BCUT2D eigenvalue weighted by Crippen LogP contribution is 2.06. The summed E-state index contributed by atoms with van der Waals surface area (Å²) >= 11 is 0. The van der Waals surface area contributed by atoms with Crippen LogP contribution in [0.3, 0.4) is 0 Å². The summed E-state index contributed by atoms with van der Waals surface area (Å²) in [4.78, 5) is 36.4. The molecule has 1 unspecified atom stereocenters. The zero-order valence-electron chi connectivity index (χ0n) is 10.2. The zero-order valence-corrected chi connectivity index (χ0v) is 10.2. The number of piperazine rings is 1. The molecule has 0 spiro atoms. The number of carboxylic acid groups (broad SMARTS) is 1. The number of carbonyl (C=O) groups is 3. The number of nitrogens with zero attached hydrogens (tertiary/aromatic N) is 2. The molecule has 1 aliphatic heterocycles. The van der Waals surface area contributed by atoms with Gasteiger partial charge in [-0.2, -0.15) is 0 Å². The minimum absolute atomic E-state index is 0.335. The Morgan fingerprint density at radius 1 is 1.22 bits per heavy atom. The molecule has 1 rings (SSSR count). The lowest BCUT2D eigenvalue weighted by atomic mass is 10.2. The van der Waals surface area contributed by atoms with Crippen molar-refractivity contribution in [1.82, 2.24) is 9.80 Å². The fraction of sp³-hybridized carbons (Fsp3) is 0.700. The molecule has 1 aliphatic rings. The van der Waals surface area contributed by atoms with E-state index in [2.05, 4.69) is 4.74 Å². The summed E-state index contributed by atoms with van der Waals surface area (Å²) in [7, 11) is 1.29. The molecule has 8 heteroatoms. The summed E-state index contributed by atoms with van der Waals surface area (Å²) in [5.41, 5.74) is 5.49. The number of hydrogen-bond donors (Lipinski definition) is 2. The van der Waals surface area contributed by atoms with Crippen LogP contribution in [0.4, 0.5) is 4.79 Å². The first kappa shape index (κ1) is 14.2. The number of hydrogen-bond acceptors (Lipinski definition) is 5. The van der Waals surface area contributed by atoms with Gasteiger partial charge in [0.15, 0.2) is 0 Å². The van der Waals surface area contributed by atoms with Crippen LogP contribution in [0.15, 0.2) is 0 Å². The second kappa shape index (κ2) is 6.20. The molecule has 1 atom stereocenters. The summed E-state index contributed by atoms with van der Waals surface area (Å²) in [5, 5.41) is 8.56. The van der Waals surface area contributed by atoms with Crippen LogP contribution >= 0.6 is 0 Å². The van der Waals surface area contributed by atoms with E-state index in [4.69, 9.17) is 10.8 Å². The molecule has 0 aromatic carbocycles. The third-order valence-electron chi connectivity index (χ3n) is 2.74. The van der Waals surface area contributed by atoms with E-state index < -0.39 is 30.4 Å². The van der Waals surface area contributed by atoms with Gasteiger partial charge in [-0.1, -0.05) is 0 Å². The first-order valence-electron chi connectivity index (χ1n) is 5.54. The summed E-state index contributed by atoms with van der Waals surface area (Å²) in [6, 6.07) is -1.04. The Morgan fingerprint density at radius 2 is 1.72 bits per heavy atom. The lowest BCUT2D eigenvalue weighted by Crippen LogP contribution is -2.54. The number of ether oxygens (including phenoxy) is 1. The topological polar surface area (TPSA) is 113 Å². The van der Waals surface area contributed by atoms with Crippen LogP contribution in [0.25, 0.3) is 0 Å². The van der Waals surface area contributed by atoms with Crippen molar-refractivity contribution in [3.8, 4) is 0 Å². The van der Waals surface area contributed by atoms with E-state index in [0.717, 1.165) is 0 Å². The molecule has 1 heterocycles. The highest BCUT2D eigenvalue weighted by Gasteiger charge is 2.28. The number of carbonyl (C=O) groups excluding carboxylic acids is 2. The highest BCUT2D eigenvalue weighted by molar-refractivity contribution is 5.86. The molecular weight excluding hydrogens is 242 g/mol. The van der Waals surface area contributed by atoms with Crippen molar-refractivity contribution in [2.45, 2.75) is 12.5 Å². The molecule has 0 aliphatic carbocycles. The van der Waals surface area contributed by atoms with Crippen molar-refractivity contribution in [1.29, 1.82) is 0 Å². The minimum Gasteiger partial charge on any atom is -0.481 e. The molecule has 0 saturated carbocycles. The molecule has 0 radical (unpaired) electrons. The number of aliphatic carboxylic acids is 1. The molecule has 0 bridgehead atoms. The summed E-state index contributed by atoms with van der Waals surface area (Å²) in [6.45, 7) is 1.39. The number of amides is 2. The average molecular weight is 259 g/mol. The van der Waals surface area contributed by atoms with E-state index in [1.807, 2.05) is 0 Å². The van der Waals surface area contributed by atoms with Crippen molar-refractivity contribution in [3.05, 3.63) is 0 Å². The van der Waals surface area contributed by atoms with E-state index in [1.165, 1.54) is 16.9 Å². The molecule has 3 N–H and O–H groups in total. The van der Waals surface area contributed by atoms with Crippen molar-refractivity contribution in [2.75, 3.05) is 33.3 Å². The molecule has 102 valence electrons. The standard InChI is InChI=1S/C10H17N3O5/c1-18-10(17)13-4-2-12(3-5-13)9(16)7(11)6-8(14)15/h7H,2-6,11H2,1H3,(H,14,15). The highest BCUT2D eigenvalue weighted by atomic mass is 16.5. The molecule has 1 fully saturated rings. The fourth-order valence-corrected chi connectivity index (χ4v) is 1.75. The van der Waals surface area contributed by atoms with Crippen molar-refractivity contribution in [2.24, 2.45) is 5.73 Å². The van der Waals surface area contributed by atoms with Gasteiger partial charge in [-0.15, -0.1) is 0 Å². The van der Waals surface area contributed by atoms with Crippen LogP contribution in [0.2, 0.25) is 0 Å². The normalized spacial score (nSPS) is 17.2. The molecule has 1 saturated heterocycles. The van der Waals surface area contributed by atoms with Gasteiger partial charge in [0.1, 0.15) is 0 Å². The van der Waals surface area contributed by atoms with Gasteiger partial charge >= 0.3 is 12.1 Å². The van der Waals surface area contributed by atoms with Gasteiger partial charge in [-0.05, 0) is 0 Å². The van der Waals surface area contributed by atoms with Crippen molar-refractivity contribution in [3.63, 3.8) is 0 Å². The maximum atomic E-state index is 11.8. The second-order valence-electron chi connectivity index (χ2n) is 3.99. The Kier molecular flexibility index (Phi) is 4.90. The van der Waals surface area contributed by atoms with E-state index in [0.29, 0.717) is 26.2 Å². The summed E-state index contributed by atoms with van der Waals surface area (Å²) in [6.07, 6.45) is -0.826. The summed E-state index contributed by atoms with van der Waals surface area (Å²) in [5.74, 6) is -1.51. The maximum absolute atomic E-state index is 11.8. The molecule has 0 aromatic heterocycles. The fourth-order valence-electron chi connectivity index (χ4n) is 1.75. The number of carboxylic acids is 1. The van der Waals surface area contributed by atoms with Gasteiger partial charge in [0.05, 0.1) is 19.6 Å². The lowest BCUT2D eigenvalue weighted by Gasteiger charge is -2.34. The summed E-state index contributed by atoms with van der Waals surface area (Å²) < 4.78 is 4.57. The van der Waals surface area contributed by atoms with Gasteiger partial charge in [-0.3, -0.25) is 9.59 Å². The van der Waals surface area contributed by atoms with Gasteiger partial charge in [0, 0.05) is 26.2 Å². The Hall–Kier alpha value is -1.83. The minimum atomic E-state index is -1.11. The van der Waals surface area contributed by atoms with Gasteiger partial charge in [-0.25, -0.2) is 4.79 Å². The maximum Gasteiger partial charge on any atom is 0.409 e. The van der Waals surface area contributed by atoms with Crippen LogP contribution in [-0.4, -0.2) is 72.2 Å². The second-order valence-corrected chi connectivity index (χ2v) is 3.99. The Morgan fingerprint density at radius 3 is 2.17 bits per heavy atom. The number of rotatable bonds is 3. The van der Waals surface area contributed by atoms with Crippen LogP contribution in [0.1, 0.15) is 6.42 Å². The van der Waals surface area contributed by atoms with Crippen LogP contribution < -0.4 is 5.73 Å². The smallest absolute Gasteiger partial charge is 0.409 e. The van der Waals surface area contributed by atoms with E-state index in [9.17, 15) is 14.4 Å². The third kappa shape index (κ3) is 3.59.